The highest BCUT2D eigenvalue weighted by Gasteiger charge is 2.44. The number of rotatable bonds is 4. The molecule has 2 atom stereocenters. The molecule has 84 valence electrons. The average Bonchev–Trinajstić information content (AvgIpc) is 3.06. The smallest absolute Gasteiger partial charge is 0.223 e. The molecule has 1 fully saturated rings. The minimum absolute atomic E-state index is 0.00634. The Kier molecular flexibility index (Phi) is 3.04. The molecule has 1 saturated carbocycles. The lowest BCUT2D eigenvalue weighted by Crippen LogP contribution is -2.25. The third-order valence-corrected chi connectivity index (χ3v) is 2.85. The van der Waals surface area contributed by atoms with Crippen LogP contribution in [0.4, 0.5) is 4.39 Å². The van der Waals surface area contributed by atoms with Crippen LogP contribution in [0, 0.1) is 11.7 Å². The molecule has 16 heavy (non-hydrogen) atoms. The molecular weight excluding hydrogens is 205 g/mol. The zero-order valence-electron chi connectivity index (χ0n) is 8.95. The van der Waals surface area contributed by atoms with Crippen LogP contribution in [0.3, 0.4) is 0 Å². The molecule has 0 bridgehead atoms. The first-order valence-corrected chi connectivity index (χ1v) is 5.37. The minimum Gasteiger partial charge on any atom is -0.352 e. The number of halogens is 1. The zero-order chi connectivity index (χ0) is 11.5. The normalized spacial score (nSPS) is 22.6. The first-order valence-electron chi connectivity index (χ1n) is 5.37. The molecule has 2 unspecified atom stereocenters. The van der Waals surface area contributed by atoms with Crippen LogP contribution >= 0.6 is 0 Å². The summed E-state index contributed by atoms with van der Waals surface area (Å²) in [6, 6.07) is 6.65. The van der Waals surface area contributed by atoms with Gasteiger partial charge in [0.1, 0.15) is 5.82 Å². The molecule has 0 aliphatic heterocycles. The molecule has 2 rings (SSSR count). The van der Waals surface area contributed by atoms with Gasteiger partial charge in [0.2, 0.25) is 5.91 Å². The second kappa shape index (κ2) is 4.47. The van der Waals surface area contributed by atoms with Gasteiger partial charge in [-0.25, -0.2) is 4.39 Å². The van der Waals surface area contributed by atoms with Crippen LogP contribution in [0.15, 0.2) is 36.9 Å². The topological polar surface area (TPSA) is 29.1 Å². The second-order valence-electron chi connectivity index (χ2n) is 4.00. The maximum atomic E-state index is 13.4. The predicted octanol–water partition coefficient (Wildman–Crippen LogP) is 2.23. The highest BCUT2D eigenvalue weighted by Crippen LogP contribution is 2.48. The standard InChI is InChI=1S/C13H14FNO/c1-2-7-15-13(16)11-8-10(11)9-5-3-4-6-12(9)14/h2-6,10-11H,1,7-8H2,(H,15,16). The van der Waals surface area contributed by atoms with Crippen molar-refractivity contribution in [1.29, 1.82) is 0 Å². The molecule has 0 spiro atoms. The molecule has 1 amide bonds. The molecule has 0 aromatic heterocycles. The van der Waals surface area contributed by atoms with Crippen molar-refractivity contribution in [3.63, 3.8) is 0 Å². The maximum Gasteiger partial charge on any atom is 0.223 e. The van der Waals surface area contributed by atoms with E-state index in [1.807, 2.05) is 0 Å². The van der Waals surface area contributed by atoms with E-state index in [0.29, 0.717) is 12.1 Å². The van der Waals surface area contributed by atoms with Crippen molar-refractivity contribution in [1.82, 2.24) is 5.32 Å². The summed E-state index contributed by atoms with van der Waals surface area (Å²) in [5, 5.41) is 2.73. The Balaban J connectivity index is 1.99. The number of benzene rings is 1. The average molecular weight is 219 g/mol. The van der Waals surface area contributed by atoms with Gasteiger partial charge in [0.15, 0.2) is 0 Å². The van der Waals surface area contributed by atoms with Crippen molar-refractivity contribution >= 4 is 5.91 Å². The number of nitrogens with one attached hydrogen (secondary N) is 1. The minimum atomic E-state index is -0.216. The van der Waals surface area contributed by atoms with Gasteiger partial charge in [-0.05, 0) is 24.0 Å². The molecule has 2 nitrogen and oxygen atoms in total. The summed E-state index contributed by atoms with van der Waals surface area (Å²) < 4.78 is 13.4. The van der Waals surface area contributed by atoms with E-state index >= 15 is 0 Å². The van der Waals surface area contributed by atoms with Gasteiger partial charge >= 0.3 is 0 Å². The molecular formula is C13H14FNO. The van der Waals surface area contributed by atoms with Gasteiger partial charge < -0.3 is 5.32 Å². The van der Waals surface area contributed by atoms with Gasteiger partial charge in [-0.2, -0.15) is 0 Å². The Labute approximate surface area is 94.2 Å². The Morgan fingerprint density at radius 1 is 1.56 bits per heavy atom. The number of hydrogen-bond acceptors (Lipinski definition) is 1. The lowest BCUT2D eigenvalue weighted by molar-refractivity contribution is -0.122. The monoisotopic (exact) mass is 219 g/mol. The van der Waals surface area contributed by atoms with Crippen molar-refractivity contribution in [2.24, 2.45) is 5.92 Å². The molecule has 1 aliphatic rings. The van der Waals surface area contributed by atoms with E-state index in [0.717, 1.165) is 6.42 Å². The molecule has 1 aromatic carbocycles. The first-order chi connectivity index (χ1) is 7.74. The van der Waals surface area contributed by atoms with Gasteiger partial charge in [0, 0.05) is 12.5 Å². The first kappa shape index (κ1) is 10.9. The molecule has 0 saturated heterocycles. The fraction of sp³-hybridized carbons (Fsp3) is 0.308. The number of carbonyl (C=O) groups is 1. The van der Waals surface area contributed by atoms with Crippen LogP contribution in [0.1, 0.15) is 17.9 Å². The molecule has 1 aromatic rings. The summed E-state index contributed by atoms with van der Waals surface area (Å²) in [5.41, 5.74) is 0.654. The summed E-state index contributed by atoms with van der Waals surface area (Å²) in [6.45, 7) is 4.00. The van der Waals surface area contributed by atoms with Gasteiger partial charge in [0.25, 0.3) is 0 Å². The van der Waals surface area contributed by atoms with Gasteiger partial charge in [0.05, 0.1) is 0 Å². The van der Waals surface area contributed by atoms with Crippen LogP contribution in [0.5, 0.6) is 0 Å². The molecule has 0 radical (unpaired) electrons. The van der Waals surface area contributed by atoms with E-state index in [1.165, 1.54) is 6.07 Å². The fourth-order valence-corrected chi connectivity index (χ4v) is 1.91. The molecule has 0 heterocycles. The van der Waals surface area contributed by atoms with E-state index in [-0.39, 0.29) is 23.6 Å². The molecule has 1 aliphatic carbocycles. The SMILES string of the molecule is C=CCNC(=O)C1CC1c1ccccc1F. The Bertz CT molecular complexity index is 416. The van der Waals surface area contributed by atoms with E-state index in [1.54, 1.807) is 24.3 Å². The Hall–Kier alpha value is -1.64. The summed E-state index contributed by atoms with van der Waals surface area (Å²) in [4.78, 5) is 11.6. The van der Waals surface area contributed by atoms with Crippen LogP contribution in [0.25, 0.3) is 0 Å². The zero-order valence-corrected chi connectivity index (χ0v) is 8.95. The lowest BCUT2D eigenvalue weighted by Gasteiger charge is -2.02. The van der Waals surface area contributed by atoms with Gasteiger partial charge in [-0.15, -0.1) is 6.58 Å². The van der Waals surface area contributed by atoms with E-state index in [2.05, 4.69) is 11.9 Å². The van der Waals surface area contributed by atoms with Crippen LogP contribution in [-0.2, 0) is 4.79 Å². The highest BCUT2D eigenvalue weighted by molar-refractivity contribution is 5.83. The van der Waals surface area contributed by atoms with Crippen LogP contribution in [0.2, 0.25) is 0 Å². The van der Waals surface area contributed by atoms with Crippen molar-refractivity contribution in [2.45, 2.75) is 12.3 Å². The number of carbonyl (C=O) groups excluding carboxylic acids is 1. The summed E-state index contributed by atoms with van der Waals surface area (Å²) in [6.07, 6.45) is 2.38. The van der Waals surface area contributed by atoms with Crippen molar-refractivity contribution in [3.8, 4) is 0 Å². The predicted molar refractivity (Wildman–Crippen MR) is 60.5 cm³/mol. The van der Waals surface area contributed by atoms with E-state index < -0.39 is 0 Å². The third kappa shape index (κ3) is 2.13. The summed E-state index contributed by atoms with van der Waals surface area (Å²) >= 11 is 0. The van der Waals surface area contributed by atoms with Crippen molar-refractivity contribution < 1.29 is 9.18 Å². The number of amides is 1. The lowest BCUT2D eigenvalue weighted by atomic mass is 10.1. The quantitative estimate of drug-likeness (QED) is 0.773. The summed E-state index contributed by atoms with van der Waals surface area (Å²) in [7, 11) is 0. The largest absolute Gasteiger partial charge is 0.352 e. The van der Waals surface area contributed by atoms with Crippen LogP contribution in [-0.4, -0.2) is 12.5 Å². The molecule has 1 N–H and O–H groups in total. The van der Waals surface area contributed by atoms with Crippen molar-refractivity contribution in [3.05, 3.63) is 48.3 Å². The van der Waals surface area contributed by atoms with Gasteiger partial charge in [-0.3, -0.25) is 4.79 Å². The summed E-state index contributed by atoms with van der Waals surface area (Å²) in [5.74, 6) is -0.248. The maximum absolute atomic E-state index is 13.4. The second-order valence-corrected chi connectivity index (χ2v) is 4.00. The van der Waals surface area contributed by atoms with Crippen LogP contribution < -0.4 is 5.32 Å². The Morgan fingerprint density at radius 3 is 3.00 bits per heavy atom. The van der Waals surface area contributed by atoms with E-state index in [9.17, 15) is 9.18 Å². The molecule has 3 heteroatoms. The highest BCUT2D eigenvalue weighted by atomic mass is 19.1. The van der Waals surface area contributed by atoms with Crippen molar-refractivity contribution in [2.75, 3.05) is 6.54 Å². The third-order valence-electron chi connectivity index (χ3n) is 2.85. The van der Waals surface area contributed by atoms with E-state index in [4.69, 9.17) is 0 Å². The van der Waals surface area contributed by atoms with Gasteiger partial charge in [-0.1, -0.05) is 24.3 Å². The fourth-order valence-electron chi connectivity index (χ4n) is 1.91. The Morgan fingerprint density at radius 2 is 2.31 bits per heavy atom. The number of hydrogen-bond donors (Lipinski definition) is 1.